The van der Waals surface area contributed by atoms with Gasteiger partial charge < -0.3 is 20.9 Å². The fraction of sp³-hybridized carbons (Fsp3) is 0.462. The molecule has 1 amide bonds. The molecule has 1 aromatic carbocycles. The standard InChI is InChI=1S/C13H20N2O3/c1-8-6-9(2)12(16)11(7-8)15-13(17)10(14)4-5-18-3/h6-7,10,16H,4-5,14H2,1-3H3,(H,15,17). The molecule has 1 unspecified atom stereocenters. The molecule has 0 radical (unpaired) electrons. The summed E-state index contributed by atoms with van der Waals surface area (Å²) in [6.07, 6.45) is 0.438. The van der Waals surface area contributed by atoms with Crippen molar-refractivity contribution in [1.82, 2.24) is 0 Å². The van der Waals surface area contributed by atoms with Crippen LogP contribution in [0.2, 0.25) is 0 Å². The number of methoxy groups -OCH3 is 1. The van der Waals surface area contributed by atoms with Crippen molar-refractivity contribution in [3.63, 3.8) is 0 Å². The molecule has 0 aliphatic heterocycles. The molecule has 1 atom stereocenters. The van der Waals surface area contributed by atoms with Gasteiger partial charge in [-0.15, -0.1) is 0 Å². The number of nitrogens with one attached hydrogen (secondary N) is 1. The molecular formula is C13H20N2O3. The number of anilines is 1. The van der Waals surface area contributed by atoms with Gasteiger partial charge in [0, 0.05) is 13.7 Å². The van der Waals surface area contributed by atoms with Crippen LogP contribution in [0.15, 0.2) is 12.1 Å². The van der Waals surface area contributed by atoms with Gasteiger partial charge in [-0.05, 0) is 37.5 Å². The van der Waals surface area contributed by atoms with E-state index in [1.165, 1.54) is 0 Å². The lowest BCUT2D eigenvalue weighted by Crippen LogP contribution is -2.36. The first-order chi connectivity index (χ1) is 8.45. The fourth-order valence-corrected chi connectivity index (χ4v) is 1.66. The Morgan fingerprint density at radius 3 is 2.78 bits per heavy atom. The van der Waals surface area contributed by atoms with Crippen LogP contribution in [0.3, 0.4) is 0 Å². The molecule has 0 bridgehead atoms. The summed E-state index contributed by atoms with van der Waals surface area (Å²) in [4.78, 5) is 11.8. The average molecular weight is 252 g/mol. The zero-order valence-electron chi connectivity index (χ0n) is 11.0. The molecule has 0 aromatic heterocycles. The summed E-state index contributed by atoms with van der Waals surface area (Å²) in [6, 6.07) is 2.91. The van der Waals surface area contributed by atoms with Crippen molar-refractivity contribution in [2.24, 2.45) is 5.73 Å². The summed E-state index contributed by atoms with van der Waals surface area (Å²) in [6.45, 7) is 4.10. The predicted molar refractivity (Wildman–Crippen MR) is 70.7 cm³/mol. The van der Waals surface area contributed by atoms with E-state index in [1.54, 1.807) is 20.1 Å². The largest absolute Gasteiger partial charge is 0.505 e. The van der Waals surface area contributed by atoms with Crippen LogP contribution in [0.5, 0.6) is 5.75 Å². The average Bonchev–Trinajstić information content (AvgIpc) is 2.32. The number of rotatable bonds is 5. The van der Waals surface area contributed by atoms with Crippen molar-refractivity contribution in [2.45, 2.75) is 26.3 Å². The number of hydrogen-bond donors (Lipinski definition) is 3. The van der Waals surface area contributed by atoms with Gasteiger partial charge in [0.1, 0.15) is 5.75 Å². The molecule has 0 aliphatic carbocycles. The monoisotopic (exact) mass is 252 g/mol. The molecule has 0 saturated heterocycles. The molecule has 0 fully saturated rings. The first kappa shape index (κ1) is 14.5. The predicted octanol–water partition coefficient (Wildman–Crippen LogP) is 1.31. The number of hydrogen-bond acceptors (Lipinski definition) is 4. The maximum absolute atomic E-state index is 11.8. The van der Waals surface area contributed by atoms with Crippen LogP contribution in [-0.4, -0.2) is 30.8 Å². The minimum Gasteiger partial charge on any atom is -0.505 e. The van der Waals surface area contributed by atoms with Crippen LogP contribution in [0.25, 0.3) is 0 Å². The van der Waals surface area contributed by atoms with Crippen LogP contribution in [0.4, 0.5) is 5.69 Å². The molecule has 1 rings (SSSR count). The lowest BCUT2D eigenvalue weighted by Gasteiger charge is -2.14. The Morgan fingerprint density at radius 1 is 1.50 bits per heavy atom. The van der Waals surface area contributed by atoms with Gasteiger partial charge in [0.2, 0.25) is 5.91 Å². The zero-order valence-corrected chi connectivity index (χ0v) is 11.0. The Kier molecular flexibility index (Phi) is 5.12. The number of carbonyl (C=O) groups excluding carboxylic acids is 1. The Morgan fingerprint density at radius 2 is 2.17 bits per heavy atom. The second kappa shape index (κ2) is 6.37. The van der Waals surface area contributed by atoms with Gasteiger partial charge in [0.25, 0.3) is 0 Å². The van der Waals surface area contributed by atoms with Crippen molar-refractivity contribution in [3.05, 3.63) is 23.3 Å². The molecule has 5 nitrogen and oxygen atoms in total. The SMILES string of the molecule is COCCC(N)C(=O)Nc1cc(C)cc(C)c1O. The lowest BCUT2D eigenvalue weighted by atomic mass is 10.1. The Hall–Kier alpha value is -1.59. The smallest absolute Gasteiger partial charge is 0.241 e. The van der Waals surface area contributed by atoms with Gasteiger partial charge in [-0.3, -0.25) is 4.79 Å². The van der Waals surface area contributed by atoms with Crippen molar-refractivity contribution in [2.75, 3.05) is 19.0 Å². The number of carbonyl (C=O) groups is 1. The third-order valence-electron chi connectivity index (χ3n) is 2.67. The summed E-state index contributed by atoms with van der Waals surface area (Å²) in [5.41, 5.74) is 7.78. The molecule has 1 aromatic rings. The van der Waals surface area contributed by atoms with Gasteiger partial charge >= 0.3 is 0 Å². The first-order valence-electron chi connectivity index (χ1n) is 5.81. The highest BCUT2D eigenvalue weighted by molar-refractivity contribution is 5.96. The summed E-state index contributed by atoms with van der Waals surface area (Å²) in [7, 11) is 1.56. The molecule has 18 heavy (non-hydrogen) atoms. The van der Waals surface area contributed by atoms with Crippen molar-refractivity contribution in [3.8, 4) is 5.75 Å². The highest BCUT2D eigenvalue weighted by Crippen LogP contribution is 2.28. The summed E-state index contributed by atoms with van der Waals surface area (Å²) in [5, 5.41) is 12.5. The molecule has 100 valence electrons. The summed E-state index contributed by atoms with van der Waals surface area (Å²) >= 11 is 0. The van der Waals surface area contributed by atoms with E-state index in [0.29, 0.717) is 18.7 Å². The molecule has 0 spiro atoms. The lowest BCUT2D eigenvalue weighted by molar-refractivity contribution is -0.117. The first-order valence-corrected chi connectivity index (χ1v) is 5.81. The van der Waals surface area contributed by atoms with E-state index in [9.17, 15) is 9.90 Å². The normalized spacial score (nSPS) is 12.2. The number of phenolic OH excluding ortho intramolecular Hbond substituents is 1. The third-order valence-corrected chi connectivity index (χ3v) is 2.67. The topological polar surface area (TPSA) is 84.6 Å². The van der Waals surface area contributed by atoms with Gasteiger partial charge in [0.15, 0.2) is 0 Å². The number of aromatic hydroxyl groups is 1. The fourth-order valence-electron chi connectivity index (χ4n) is 1.66. The number of phenols is 1. The minimum absolute atomic E-state index is 0.0768. The van der Waals surface area contributed by atoms with E-state index in [4.69, 9.17) is 10.5 Å². The van der Waals surface area contributed by atoms with E-state index < -0.39 is 6.04 Å². The van der Waals surface area contributed by atoms with Gasteiger partial charge in [0.05, 0.1) is 11.7 Å². The Bertz CT molecular complexity index is 432. The number of nitrogens with two attached hydrogens (primary N) is 1. The number of aryl methyl sites for hydroxylation is 2. The van der Waals surface area contributed by atoms with Crippen LogP contribution in [0, 0.1) is 13.8 Å². The quantitative estimate of drug-likeness (QED) is 0.690. The van der Waals surface area contributed by atoms with Gasteiger partial charge in [-0.1, -0.05) is 6.07 Å². The molecule has 4 N–H and O–H groups in total. The van der Waals surface area contributed by atoms with Crippen molar-refractivity contribution >= 4 is 11.6 Å². The highest BCUT2D eigenvalue weighted by Gasteiger charge is 2.15. The zero-order chi connectivity index (χ0) is 13.7. The van der Waals surface area contributed by atoms with Crippen molar-refractivity contribution < 1.29 is 14.6 Å². The van der Waals surface area contributed by atoms with E-state index in [1.807, 2.05) is 13.0 Å². The van der Waals surface area contributed by atoms with Crippen LogP contribution in [-0.2, 0) is 9.53 Å². The molecular weight excluding hydrogens is 232 g/mol. The maximum atomic E-state index is 11.8. The van der Waals surface area contributed by atoms with E-state index in [2.05, 4.69) is 5.32 Å². The number of benzene rings is 1. The van der Waals surface area contributed by atoms with Crippen molar-refractivity contribution in [1.29, 1.82) is 0 Å². The minimum atomic E-state index is -0.648. The van der Waals surface area contributed by atoms with Gasteiger partial charge in [-0.25, -0.2) is 0 Å². The van der Waals surface area contributed by atoms with Crippen LogP contribution in [0.1, 0.15) is 17.5 Å². The second-order valence-electron chi connectivity index (χ2n) is 4.36. The van der Waals surface area contributed by atoms with Crippen LogP contribution < -0.4 is 11.1 Å². The third kappa shape index (κ3) is 3.72. The Balaban J connectivity index is 2.75. The highest BCUT2D eigenvalue weighted by atomic mass is 16.5. The van der Waals surface area contributed by atoms with Gasteiger partial charge in [-0.2, -0.15) is 0 Å². The van der Waals surface area contributed by atoms with E-state index in [-0.39, 0.29) is 11.7 Å². The second-order valence-corrected chi connectivity index (χ2v) is 4.36. The molecule has 0 saturated carbocycles. The maximum Gasteiger partial charge on any atom is 0.241 e. The van der Waals surface area contributed by atoms with E-state index >= 15 is 0 Å². The number of ether oxygens (including phenoxy) is 1. The Labute approximate surface area is 107 Å². The molecule has 5 heteroatoms. The summed E-state index contributed by atoms with van der Waals surface area (Å²) < 4.78 is 4.87. The summed E-state index contributed by atoms with van der Waals surface area (Å²) in [5.74, 6) is -0.250. The molecule has 0 heterocycles. The van der Waals surface area contributed by atoms with E-state index in [0.717, 1.165) is 11.1 Å². The molecule has 0 aliphatic rings. The van der Waals surface area contributed by atoms with Crippen LogP contribution >= 0.6 is 0 Å². The number of amides is 1.